The summed E-state index contributed by atoms with van der Waals surface area (Å²) in [7, 11) is 0. The van der Waals surface area contributed by atoms with Crippen molar-refractivity contribution >= 4 is 0 Å². The van der Waals surface area contributed by atoms with Crippen molar-refractivity contribution < 1.29 is 0 Å². The van der Waals surface area contributed by atoms with E-state index in [1.54, 1.807) is 0 Å². The molecule has 0 bridgehead atoms. The van der Waals surface area contributed by atoms with Crippen LogP contribution in [0.25, 0.3) is 0 Å². The second kappa shape index (κ2) is 6.44. The van der Waals surface area contributed by atoms with Gasteiger partial charge in [0.15, 0.2) is 0 Å². The van der Waals surface area contributed by atoms with E-state index < -0.39 is 0 Å². The Hall–Kier alpha value is -1.04. The molecule has 0 fully saturated rings. The molecule has 0 amide bonds. The number of hydrogen-bond acceptors (Lipinski definition) is 0. The Bertz CT molecular complexity index is 305. The van der Waals surface area contributed by atoms with Gasteiger partial charge in [-0.25, -0.2) is 0 Å². The van der Waals surface area contributed by atoms with E-state index in [0.29, 0.717) is 5.92 Å². The smallest absolute Gasteiger partial charge is 0.0207 e. The zero-order valence-corrected chi connectivity index (χ0v) is 11.0. The zero-order chi connectivity index (χ0) is 12.0. The summed E-state index contributed by atoms with van der Waals surface area (Å²) in [6.07, 6.45) is 6.58. The lowest BCUT2D eigenvalue weighted by Crippen LogP contribution is -1.90. The van der Waals surface area contributed by atoms with E-state index >= 15 is 0 Å². The highest BCUT2D eigenvalue weighted by molar-refractivity contribution is 5.45. The highest BCUT2D eigenvalue weighted by Gasteiger charge is 2.00. The molecular weight excluding hydrogens is 180 g/mol. The van der Waals surface area contributed by atoms with Gasteiger partial charge in [-0.3, -0.25) is 0 Å². The Morgan fingerprint density at radius 2 is 1.53 bits per heavy atom. The fraction of sp³-hybridized carbons (Fsp3) is 0.467. The molecule has 0 aliphatic rings. The van der Waals surface area contributed by atoms with E-state index in [1.165, 1.54) is 16.7 Å². The molecule has 0 saturated heterocycles. The van der Waals surface area contributed by atoms with Crippen LogP contribution in [0.4, 0.5) is 0 Å². The van der Waals surface area contributed by atoms with E-state index in [0.717, 1.165) is 5.57 Å². The van der Waals surface area contributed by atoms with Gasteiger partial charge >= 0.3 is 0 Å². The molecule has 0 aromatic heterocycles. The number of hydrogen-bond donors (Lipinski definition) is 0. The third-order valence-electron chi connectivity index (χ3n) is 2.05. The normalized spacial score (nSPS) is 13.0. The summed E-state index contributed by atoms with van der Waals surface area (Å²) in [5.74, 6) is 0.583. The molecule has 0 saturated carbocycles. The van der Waals surface area contributed by atoms with Gasteiger partial charge in [0, 0.05) is 0 Å². The summed E-state index contributed by atoms with van der Waals surface area (Å²) in [4.78, 5) is 0. The van der Waals surface area contributed by atoms with Crippen molar-refractivity contribution in [3.63, 3.8) is 0 Å². The van der Waals surface area contributed by atoms with Gasteiger partial charge in [-0.15, -0.1) is 0 Å². The predicted octanol–water partition coefficient (Wildman–Crippen LogP) is 5.06. The van der Waals surface area contributed by atoms with E-state index in [-0.39, 0.29) is 0 Å². The quantitative estimate of drug-likeness (QED) is 0.562. The first-order chi connectivity index (χ1) is 6.84. The van der Waals surface area contributed by atoms with E-state index in [1.807, 2.05) is 0 Å². The number of allylic oxidation sites excluding steroid dienone is 7. The van der Waals surface area contributed by atoms with Crippen LogP contribution in [0.2, 0.25) is 0 Å². The van der Waals surface area contributed by atoms with Gasteiger partial charge in [-0.05, 0) is 44.8 Å². The second-order valence-corrected chi connectivity index (χ2v) is 4.70. The van der Waals surface area contributed by atoms with Gasteiger partial charge in [0.2, 0.25) is 0 Å². The van der Waals surface area contributed by atoms with Crippen LogP contribution < -0.4 is 0 Å². The molecule has 0 aliphatic carbocycles. The topological polar surface area (TPSA) is 0 Å². The minimum Gasteiger partial charge on any atom is -0.0955 e. The second-order valence-electron chi connectivity index (χ2n) is 4.70. The van der Waals surface area contributed by atoms with Crippen LogP contribution in [0.3, 0.4) is 0 Å². The van der Waals surface area contributed by atoms with E-state index in [4.69, 9.17) is 0 Å². The summed E-state index contributed by atoms with van der Waals surface area (Å²) in [5.41, 5.74) is 5.01. The minimum atomic E-state index is 0.583. The molecule has 0 heteroatoms. The molecule has 0 aromatic carbocycles. The Balaban J connectivity index is 5.08. The molecule has 0 nitrogen and oxygen atoms in total. The first-order valence-electron chi connectivity index (χ1n) is 5.54. The average Bonchev–Trinajstić information content (AvgIpc) is 2.01. The van der Waals surface area contributed by atoms with Gasteiger partial charge < -0.3 is 0 Å². The molecular formula is C15H24. The van der Waals surface area contributed by atoms with Crippen molar-refractivity contribution in [1.29, 1.82) is 0 Å². The molecule has 0 spiro atoms. The average molecular weight is 204 g/mol. The zero-order valence-electron chi connectivity index (χ0n) is 11.0. The lowest BCUT2D eigenvalue weighted by Gasteiger charge is -2.08. The molecule has 0 aliphatic heterocycles. The summed E-state index contributed by atoms with van der Waals surface area (Å²) in [6.45, 7) is 16.8. The lowest BCUT2D eigenvalue weighted by molar-refractivity contribution is 0.823. The van der Waals surface area contributed by atoms with Crippen molar-refractivity contribution in [3.8, 4) is 0 Å². The van der Waals surface area contributed by atoms with Crippen LogP contribution >= 0.6 is 0 Å². The molecule has 0 radical (unpaired) electrons. The highest BCUT2D eigenvalue weighted by Crippen LogP contribution is 2.19. The van der Waals surface area contributed by atoms with Crippen molar-refractivity contribution in [2.24, 2.45) is 5.92 Å². The Morgan fingerprint density at radius 1 is 1.00 bits per heavy atom. The molecule has 0 rings (SSSR count). The van der Waals surface area contributed by atoms with Gasteiger partial charge in [-0.2, -0.15) is 0 Å². The SMILES string of the molecule is C=C(C)C(=C\C=C(C)C)/C(C)=C\C(C)C. The standard InChI is InChI=1S/C15H24/c1-11(2)8-9-15(13(5)6)14(7)10-12(3)4/h8-10,12H,5H2,1-4,6-7H3/b14-10-,15-9+. The molecule has 0 unspecified atom stereocenters. The molecule has 15 heavy (non-hydrogen) atoms. The molecule has 0 atom stereocenters. The van der Waals surface area contributed by atoms with Crippen LogP contribution in [-0.4, -0.2) is 0 Å². The largest absolute Gasteiger partial charge is 0.0955 e. The predicted molar refractivity (Wildman–Crippen MR) is 70.9 cm³/mol. The minimum absolute atomic E-state index is 0.583. The van der Waals surface area contributed by atoms with Gasteiger partial charge in [0.1, 0.15) is 0 Å². The van der Waals surface area contributed by atoms with Crippen molar-refractivity contribution in [1.82, 2.24) is 0 Å². The fourth-order valence-electron chi connectivity index (χ4n) is 1.45. The fourth-order valence-corrected chi connectivity index (χ4v) is 1.45. The van der Waals surface area contributed by atoms with Crippen molar-refractivity contribution in [2.45, 2.75) is 41.5 Å². The molecule has 0 N–H and O–H groups in total. The van der Waals surface area contributed by atoms with Gasteiger partial charge in [-0.1, -0.05) is 49.8 Å². The third kappa shape index (κ3) is 6.11. The Kier molecular flexibility index (Phi) is 6.00. The van der Waals surface area contributed by atoms with Crippen LogP contribution in [0.1, 0.15) is 41.5 Å². The molecule has 84 valence electrons. The first-order valence-corrected chi connectivity index (χ1v) is 5.54. The summed E-state index contributed by atoms with van der Waals surface area (Å²) in [5, 5.41) is 0. The maximum Gasteiger partial charge on any atom is -0.0207 e. The van der Waals surface area contributed by atoms with Crippen LogP contribution in [0.5, 0.6) is 0 Å². The number of rotatable bonds is 4. The van der Waals surface area contributed by atoms with Crippen LogP contribution in [0.15, 0.2) is 47.1 Å². The van der Waals surface area contributed by atoms with E-state index in [2.05, 4.69) is 66.3 Å². The van der Waals surface area contributed by atoms with Crippen LogP contribution in [0, 0.1) is 5.92 Å². The summed E-state index contributed by atoms with van der Waals surface area (Å²) >= 11 is 0. The summed E-state index contributed by atoms with van der Waals surface area (Å²) < 4.78 is 0. The highest BCUT2D eigenvalue weighted by atomic mass is 14.1. The maximum absolute atomic E-state index is 4.02. The van der Waals surface area contributed by atoms with E-state index in [9.17, 15) is 0 Å². The monoisotopic (exact) mass is 204 g/mol. The Labute approximate surface area is 95.1 Å². The first kappa shape index (κ1) is 14.0. The van der Waals surface area contributed by atoms with Crippen molar-refractivity contribution in [2.75, 3.05) is 0 Å². The maximum atomic E-state index is 4.02. The van der Waals surface area contributed by atoms with Gasteiger partial charge in [0.05, 0.1) is 0 Å². The lowest BCUT2D eigenvalue weighted by atomic mass is 9.97. The third-order valence-corrected chi connectivity index (χ3v) is 2.05. The molecule has 0 aromatic rings. The Morgan fingerprint density at radius 3 is 1.87 bits per heavy atom. The van der Waals surface area contributed by atoms with Gasteiger partial charge in [0.25, 0.3) is 0 Å². The van der Waals surface area contributed by atoms with Crippen molar-refractivity contribution in [3.05, 3.63) is 47.1 Å². The van der Waals surface area contributed by atoms with Crippen LogP contribution in [-0.2, 0) is 0 Å². The molecule has 0 heterocycles. The summed E-state index contributed by atoms with van der Waals surface area (Å²) in [6, 6.07) is 0.